The van der Waals surface area contributed by atoms with Crippen LogP contribution in [0, 0.1) is 17.1 Å². The van der Waals surface area contributed by atoms with E-state index in [2.05, 4.69) is 11.1 Å². The van der Waals surface area contributed by atoms with Crippen molar-refractivity contribution in [1.82, 2.24) is 4.98 Å². The Morgan fingerprint density at radius 3 is 2.49 bits per heavy atom. The lowest BCUT2D eigenvalue weighted by molar-refractivity contribution is 0.0600. The van der Waals surface area contributed by atoms with Crippen molar-refractivity contribution >= 4 is 17.1 Å². The highest BCUT2D eigenvalue weighted by Crippen LogP contribution is 2.36. The molecule has 3 aromatic carbocycles. The summed E-state index contributed by atoms with van der Waals surface area (Å²) in [5.74, 6) is -0.0642. The van der Waals surface area contributed by atoms with Crippen LogP contribution < -0.4 is 4.74 Å². The molecule has 5 rings (SSSR count). The van der Waals surface area contributed by atoms with Crippen LogP contribution in [0.5, 0.6) is 11.5 Å². The van der Waals surface area contributed by atoms with Gasteiger partial charge in [-0.25, -0.2) is 9.18 Å². The van der Waals surface area contributed by atoms with Gasteiger partial charge in [0, 0.05) is 23.4 Å². The first-order valence-corrected chi connectivity index (χ1v) is 10.6. The Hall–Kier alpha value is -4.96. The van der Waals surface area contributed by atoms with Gasteiger partial charge in [-0.15, -0.1) is 0 Å². The molecule has 0 aliphatic rings. The standard InChI is InChI=1S/C28H17FN2O4/c1-33-28(32)18-8-6-17(7-9-18)26-15-23-27(35-26)21(12-13-31-23)19-10-11-24(20(14-19)16-30)34-25-5-3-2-4-22(25)29/h2-15H,1H3. The predicted molar refractivity (Wildman–Crippen MR) is 127 cm³/mol. The van der Waals surface area contributed by atoms with Crippen LogP contribution in [0.15, 0.2) is 89.5 Å². The first-order valence-electron chi connectivity index (χ1n) is 10.6. The van der Waals surface area contributed by atoms with E-state index in [-0.39, 0.29) is 17.1 Å². The van der Waals surface area contributed by atoms with Crippen molar-refractivity contribution in [3.8, 4) is 40.0 Å². The van der Waals surface area contributed by atoms with E-state index in [0.717, 1.165) is 16.7 Å². The van der Waals surface area contributed by atoms with Crippen LogP contribution in [0.25, 0.3) is 33.6 Å². The summed E-state index contributed by atoms with van der Waals surface area (Å²) < 4.78 is 30.5. The lowest BCUT2D eigenvalue weighted by Gasteiger charge is -2.10. The average molecular weight is 464 g/mol. The summed E-state index contributed by atoms with van der Waals surface area (Å²) in [6.45, 7) is 0. The van der Waals surface area contributed by atoms with E-state index in [1.54, 1.807) is 66.9 Å². The van der Waals surface area contributed by atoms with Crippen molar-refractivity contribution in [3.05, 3.63) is 102 Å². The van der Waals surface area contributed by atoms with Crippen molar-refractivity contribution in [2.24, 2.45) is 0 Å². The molecule has 35 heavy (non-hydrogen) atoms. The molecule has 2 aromatic heterocycles. The molecule has 0 bridgehead atoms. The van der Waals surface area contributed by atoms with Crippen molar-refractivity contribution in [2.45, 2.75) is 0 Å². The zero-order chi connectivity index (χ0) is 24.4. The molecule has 0 fully saturated rings. The molecule has 0 saturated carbocycles. The van der Waals surface area contributed by atoms with E-state index >= 15 is 0 Å². The molecular weight excluding hydrogens is 447 g/mol. The van der Waals surface area contributed by atoms with Crippen LogP contribution in [0.3, 0.4) is 0 Å². The van der Waals surface area contributed by atoms with Crippen LogP contribution in [0.1, 0.15) is 15.9 Å². The Morgan fingerprint density at radius 1 is 0.971 bits per heavy atom. The highest BCUT2D eigenvalue weighted by molar-refractivity contribution is 5.93. The highest BCUT2D eigenvalue weighted by atomic mass is 19.1. The fourth-order valence-electron chi connectivity index (χ4n) is 3.72. The summed E-state index contributed by atoms with van der Waals surface area (Å²) in [5.41, 5.74) is 4.10. The fraction of sp³-hybridized carbons (Fsp3) is 0.0357. The monoisotopic (exact) mass is 464 g/mol. The number of carbonyl (C=O) groups is 1. The number of carbonyl (C=O) groups excluding carboxylic acids is 1. The van der Waals surface area contributed by atoms with Gasteiger partial charge in [-0.1, -0.05) is 30.3 Å². The predicted octanol–water partition coefficient (Wildman–Crippen LogP) is 6.75. The molecule has 0 aliphatic carbocycles. The molecule has 0 spiro atoms. The van der Waals surface area contributed by atoms with E-state index in [0.29, 0.717) is 22.4 Å². The largest absolute Gasteiger partial charge is 0.465 e. The van der Waals surface area contributed by atoms with Crippen LogP contribution in [-0.2, 0) is 4.74 Å². The Bertz CT molecular complexity index is 1600. The number of halogens is 1. The van der Waals surface area contributed by atoms with Crippen molar-refractivity contribution in [3.63, 3.8) is 0 Å². The van der Waals surface area contributed by atoms with Gasteiger partial charge in [0.15, 0.2) is 17.1 Å². The van der Waals surface area contributed by atoms with Crippen molar-refractivity contribution in [1.29, 1.82) is 5.26 Å². The molecule has 2 heterocycles. The molecule has 0 saturated heterocycles. The molecule has 0 unspecified atom stereocenters. The molecule has 0 radical (unpaired) electrons. The molecular formula is C28H17FN2O4. The summed E-state index contributed by atoms with van der Waals surface area (Å²) in [7, 11) is 1.33. The Labute approximate surface area is 199 Å². The second kappa shape index (κ2) is 9.12. The minimum atomic E-state index is -0.515. The minimum absolute atomic E-state index is 0.0388. The van der Waals surface area contributed by atoms with Crippen LogP contribution in [0.2, 0.25) is 0 Å². The zero-order valence-corrected chi connectivity index (χ0v) is 18.5. The summed E-state index contributed by atoms with van der Waals surface area (Å²) in [5, 5.41) is 9.69. The number of furan rings is 1. The molecule has 7 heteroatoms. The van der Waals surface area contributed by atoms with Crippen LogP contribution in [-0.4, -0.2) is 18.1 Å². The summed E-state index contributed by atoms with van der Waals surface area (Å²) in [6, 6.07) is 23.7. The minimum Gasteiger partial charge on any atom is -0.465 e. The van der Waals surface area contributed by atoms with E-state index < -0.39 is 11.8 Å². The fourth-order valence-corrected chi connectivity index (χ4v) is 3.72. The zero-order valence-electron chi connectivity index (χ0n) is 18.5. The number of fused-ring (bicyclic) bond motifs is 1. The van der Waals surface area contributed by atoms with Gasteiger partial charge in [-0.05, 0) is 48.0 Å². The Morgan fingerprint density at radius 2 is 1.74 bits per heavy atom. The van der Waals surface area contributed by atoms with Crippen LogP contribution >= 0.6 is 0 Å². The van der Waals surface area contributed by atoms with Crippen molar-refractivity contribution < 1.29 is 23.1 Å². The third kappa shape index (κ3) is 4.21. The number of nitriles is 1. The molecule has 5 aromatic rings. The maximum atomic E-state index is 14.0. The number of hydrogen-bond donors (Lipinski definition) is 0. The molecule has 6 nitrogen and oxygen atoms in total. The third-order valence-corrected chi connectivity index (χ3v) is 5.47. The summed E-state index contributed by atoms with van der Waals surface area (Å²) >= 11 is 0. The number of nitrogens with zero attached hydrogens (tertiary/aromatic N) is 2. The Kier molecular flexibility index (Phi) is 5.70. The normalized spacial score (nSPS) is 10.7. The third-order valence-electron chi connectivity index (χ3n) is 5.47. The number of methoxy groups -OCH3 is 1. The molecule has 0 amide bonds. The topological polar surface area (TPSA) is 85.4 Å². The number of aromatic nitrogens is 1. The quantitative estimate of drug-likeness (QED) is 0.267. The number of benzene rings is 3. The maximum absolute atomic E-state index is 14.0. The lowest BCUT2D eigenvalue weighted by Crippen LogP contribution is -2.00. The molecule has 0 atom stereocenters. The second-order valence-corrected chi connectivity index (χ2v) is 7.61. The van der Waals surface area contributed by atoms with E-state index in [1.165, 1.54) is 19.2 Å². The summed E-state index contributed by atoms with van der Waals surface area (Å²) in [4.78, 5) is 16.1. The second-order valence-electron chi connectivity index (χ2n) is 7.61. The number of rotatable bonds is 5. The van der Waals surface area contributed by atoms with E-state index in [4.69, 9.17) is 13.9 Å². The van der Waals surface area contributed by atoms with Gasteiger partial charge >= 0.3 is 5.97 Å². The lowest BCUT2D eigenvalue weighted by atomic mass is 10.0. The maximum Gasteiger partial charge on any atom is 0.337 e. The number of esters is 1. The first kappa shape index (κ1) is 21.9. The van der Waals surface area contributed by atoms with E-state index in [1.807, 2.05) is 6.07 Å². The van der Waals surface area contributed by atoms with Gasteiger partial charge < -0.3 is 13.9 Å². The average Bonchev–Trinajstić information content (AvgIpc) is 3.34. The smallest absolute Gasteiger partial charge is 0.337 e. The van der Waals surface area contributed by atoms with Crippen LogP contribution in [0.4, 0.5) is 4.39 Å². The van der Waals surface area contributed by atoms with Gasteiger partial charge in [-0.2, -0.15) is 5.26 Å². The number of ether oxygens (including phenoxy) is 2. The number of pyridine rings is 1. The first-order chi connectivity index (χ1) is 17.1. The highest BCUT2D eigenvalue weighted by Gasteiger charge is 2.16. The number of hydrogen-bond acceptors (Lipinski definition) is 6. The molecule has 0 N–H and O–H groups in total. The van der Waals surface area contributed by atoms with Gasteiger partial charge in [-0.3, -0.25) is 4.98 Å². The van der Waals surface area contributed by atoms with Gasteiger partial charge in [0.05, 0.1) is 18.2 Å². The van der Waals surface area contributed by atoms with Crippen molar-refractivity contribution in [2.75, 3.05) is 7.11 Å². The van der Waals surface area contributed by atoms with Gasteiger partial charge in [0.25, 0.3) is 0 Å². The summed E-state index contributed by atoms with van der Waals surface area (Å²) in [6.07, 6.45) is 1.66. The SMILES string of the molecule is COC(=O)c1ccc(-c2cc3nccc(-c4ccc(Oc5ccccc5F)c(C#N)c4)c3o2)cc1. The molecule has 0 aliphatic heterocycles. The van der Waals surface area contributed by atoms with E-state index in [9.17, 15) is 14.4 Å². The number of para-hydroxylation sites is 1. The van der Waals surface area contributed by atoms with Gasteiger partial charge in [0.2, 0.25) is 0 Å². The molecule has 170 valence electrons. The van der Waals surface area contributed by atoms with Gasteiger partial charge in [0.1, 0.15) is 23.1 Å². The Balaban J connectivity index is 1.51.